The molecule has 1 N–H and O–H groups in total. The van der Waals surface area contributed by atoms with Crippen LogP contribution in [0.15, 0.2) is 35.3 Å². The van der Waals surface area contributed by atoms with Gasteiger partial charge in [-0.2, -0.15) is 0 Å². The first-order chi connectivity index (χ1) is 13.7. The van der Waals surface area contributed by atoms with Gasteiger partial charge in [0.2, 0.25) is 0 Å². The van der Waals surface area contributed by atoms with Gasteiger partial charge in [-0.15, -0.1) is 0 Å². The number of methoxy groups -OCH3 is 2. The van der Waals surface area contributed by atoms with Crippen LogP contribution < -0.4 is 20.3 Å². The summed E-state index contributed by atoms with van der Waals surface area (Å²) in [5.74, 6) is -2.13. The van der Waals surface area contributed by atoms with Gasteiger partial charge in [0.1, 0.15) is 5.56 Å². The monoisotopic (exact) mass is 406 g/mol. The van der Waals surface area contributed by atoms with E-state index in [2.05, 4.69) is 5.32 Å². The molecule has 1 fully saturated rings. The Morgan fingerprint density at radius 2 is 1.90 bits per heavy atom. The van der Waals surface area contributed by atoms with Crippen LogP contribution in [0.1, 0.15) is 34.3 Å². The molecule has 0 atom stereocenters. The van der Waals surface area contributed by atoms with Gasteiger partial charge in [-0.3, -0.25) is 9.59 Å². The number of alkyl halides is 2. The molecule has 29 heavy (non-hydrogen) atoms. The van der Waals surface area contributed by atoms with E-state index in [-0.39, 0.29) is 5.56 Å². The molecule has 1 saturated carbocycles. The number of nitrogens with zero attached hydrogens (tertiary/aromatic N) is 1. The molecule has 0 radical (unpaired) electrons. The molecule has 1 heterocycles. The van der Waals surface area contributed by atoms with Gasteiger partial charge in [-0.05, 0) is 42.7 Å². The number of amides is 1. The standard InChI is InChI=1S/C21H24F2N2O4/c1-13-6-8-25(9-7-14-4-5-16(28-2)17(10-14)29-3)20(27)18(13)19(26)24-15-11-21(22,23)12-15/h4-6,8,10,15H,7,9,11-12H2,1-3H3,(H,24,26). The lowest BCUT2D eigenvalue weighted by Gasteiger charge is -2.35. The molecular weight excluding hydrogens is 382 g/mol. The molecule has 0 aliphatic heterocycles. The Labute approximate surface area is 167 Å². The molecule has 1 aromatic heterocycles. The Balaban J connectivity index is 1.73. The van der Waals surface area contributed by atoms with Crippen molar-refractivity contribution >= 4 is 5.91 Å². The number of hydrogen-bond donors (Lipinski definition) is 1. The maximum absolute atomic E-state index is 13.0. The highest BCUT2D eigenvalue weighted by Crippen LogP contribution is 2.37. The predicted octanol–water partition coefficient (Wildman–Crippen LogP) is 2.94. The maximum atomic E-state index is 13.0. The van der Waals surface area contributed by atoms with Crippen LogP contribution in [0.4, 0.5) is 8.78 Å². The molecule has 3 rings (SSSR count). The van der Waals surface area contributed by atoms with E-state index in [1.165, 1.54) is 4.57 Å². The lowest BCUT2D eigenvalue weighted by molar-refractivity contribution is -0.0901. The van der Waals surface area contributed by atoms with E-state index in [9.17, 15) is 18.4 Å². The third-order valence-electron chi connectivity index (χ3n) is 5.12. The van der Waals surface area contributed by atoms with E-state index in [1.807, 2.05) is 12.1 Å². The molecule has 156 valence electrons. The number of carbonyl (C=O) groups is 1. The van der Waals surface area contributed by atoms with Crippen molar-refractivity contribution in [2.24, 2.45) is 0 Å². The molecule has 0 unspecified atom stereocenters. The SMILES string of the molecule is COc1ccc(CCn2ccc(C)c(C(=O)NC3CC(F)(F)C3)c2=O)cc1OC. The third kappa shape index (κ3) is 4.58. The van der Waals surface area contributed by atoms with Crippen LogP contribution in [0, 0.1) is 6.92 Å². The van der Waals surface area contributed by atoms with Gasteiger partial charge in [-0.1, -0.05) is 6.07 Å². The second kappa shape index (κ2) is 8.23. The third-order valence-corrected chi connectivity index (χ3v) is 5.12. The van der Waals surface area contributed by atoms with Gasteiger partial charge in [0, 0.05) is 31.6 Å². The summed E-state index contributed by atoms with van der Waals surface area (Å²) in [6, 6.07) is 6.59. The van der Waals surface area contributed by atoms with E-state index >= 15 is 0 Å². The average molecular weight is 406 g/mol. The summed E-state index contributed by atoms with van der Waals surface area (Å²) in [4.78, 5) is 25.3. The van der Waals surface area contributed by atoms with Crippen molar-refractivity contribution in [2.45, 2.75) is 44.7 Å². The summed E-state index contributed by atoms with van der Waals surface area (Å²) in [6.07, 6.45) is 1.39. The molecular formula is C21H24F2N2O4. The van der Waals surface area contributed by atoms with Crippen molar-refractivity contribution in [3.05, 3.63) is 57.5 Å². The fourth-order valence-electron chi connectivity index (χ4n) is 3.42. The minimum Gasteiger partial charge on any atom is -0.493 e. The van der Waals surface area contributed by atoms with Crippen molar-refractivity contribution in [1.29, 1.82) is 0 Å². The largest absolute Gasteiger partial charge is 0.493 e. The van der Waals surface area contributed by atoms with E-state index < -0.39 is 36.3 Å². The zero-order valence-corrected chi connectivity index (χ0v) is 16.6. The van der Waals surface area contributed by atoms with Crippen molar-refractivity contribution in [2.75, 3.05) is 14.2 Å². The van der Waals surface area contributed by atoms with E-state index in [1.54, 1.807) is 39.5 Å². The van der Waals surface area contributed by atoms with E-state index in [4.69, 9.17) is 9.47 Å². The number of aromatic nitrogens is 1. The number of nitrogens with one attached hydrogen (secondary N) is 1. The minimum absolute atomic E-state index is 0.00460. The first-order valence-electron chi connectivity index (χ1n) is 9.33. The molecule has 0 saturated heterocycles. The van der Waals surface area contributed by atoms with Crippen LogP contribution in [0.2, 0.25) is 0 Å². The van der Waals surface area contributed by atoms with E-state index in [0.29, 0.717) is 30.0 Å². The zero-order valence-electron chi connectivity index (χ0n) is 16.6. The summed E-state index contributed by atoms with van der Waals surface area (Å²) < 4.78 is 37.9. The molecule has 1 aliphatic rings. The molecule has 1 aromatic carbocycles. The second-order valence-corrected chi connectivity index (χ2v) is 7.25. The molecule has 2 aromatic rings. The predicted molar refractivity (Wildman–Crippen MR) is 104 cm³/mol. The number of ether oxygens (including phenoxy) is 2. The Morgan fingerprint density at radius 3 is 2.52 bits per heavy atom. The van der Waals surface area contributed by atoms with Crippen molar-refractivity contribution in [3.63, 3.8) is 0 Å². The number of pyridine rings is 1. The Kier molecular flexibility index (Phi) is 5.91. The van der Waals surface area contributed by atoms with Crippen LogP contribution in [0.5, 0.6) is 11.5 Å². The second-order valence-electron chi connectivity index (χ2n) is 7.25. The topological polar surface area (TPSA) is 69.6 Å². The smallest absolute Gasteiger partial charge is 0.263 e. The normalized spacial score (nSPS) is 15.5. The molecule has 6 nitrogen and oxygen atoms in total. The highest BCUT2D eigenvalue weighted by molar-refractivity contribution is 5.95. The summed E-state index contributed by atoms with van der Waals surface area (Å²) in [6.45, 7) is 2.01. The molecule has 1 amide bonds. The minimum atomic E-state index is -2.73. The summed E-state index contributed by atoms with van der Waals surface area (Å²) in [5.41, 5.74) is 1.02. The summed E-state index contributed by atoms with van der Waals surface area (Å²) in [5, 5.41) is 2.54. The van der Waals surface area contributed by atoms with Gasteiger partial charge in [0.25, 0.3) is 17.4 Å². The quantitative estimate of drug-likeness (QED) is 0.768. The molecule has 0 bridgehead atoms. The van der Waals surface area contributed by atoms with Crippen LogP contribution in [-0.2, 0) is 13.0 Å². The number of halogens is 2. The van der Waals surface area contributed by atoms with Crippen molar-refractivity contribution in [3.8, 4) is 11.5 Å². The zero-order chi connectivity index (χ0) is 21.2. The number of hydrogen-bond acceptors (Lipinski definition) is 4. The van der Waals surface area contributed by atoms with Crippen molar-refractivity contribution < 1.29 is 23.0 Å². The van der Waals surface area contributed by atoms with Crippen LogP contribution >= 0.6 is 0 Å². The highest BCUT2D eigenvalue weighted by Gasteiger charge is 2.46. The average Bonchev–Trinajstić information content (AvgIpc) is 2.65. The van der Waals surface area contributed by atoms with Crippen LogP contribution in [0.3, 0.4) is 0 Å². The fraction of sp³-hybridized carbons (Fsp3) is 0.429. The van der Waals surface area contributed by atoms with Crippen LogP contribution in [0.25, 0.3) is 0 Å². The lowest BCUT2D eigenvalue weighted by Crippen LogP contribution is -2.51. The van der Waals surface area contributed by atoms with Gasteiger partial charge < -0.3 is 19.4 Å². The Hall–Kier alpha value is -2.90. The van der Waals surface area contributed by atoms with E-state index in [0.717, 1.165) is 5.56 Å². The molecule has 1 aliphatic carbocycles. The first kappa shape index (κ1) is 20.8. The summed E-state index contributed by atoms with van der Waals surface area (Å²) >= 11 is 0. The van der Waals surface area contributed by atoms with Crippen molar-refractivity contribution in [1.82, 2.24) is 9.88 Å². The summed E-state index contributed by atoms with van der Waals surface area (Å²) in [7, 11) is 3.11. The number of aryl methyl sites for hydroxylation is 3. The lowest BCUT2D eigenvalue weighted by atomic mass is 9.88. The first-order valence-corrected chi connectivity index (χ1v) is 9.33. The van der Waals surface area contributed by atoms with Gasteiger partial charge in [-0.25, -0.2) is 8.78 Å². The number of benzene rings is 1. The maximum Gasteiger partial charge on any atom is 0.263 e. The fourth-order valence-corrected chi connectivity index (χ4v) is 3.42. The van der Waals surface area contributed by atoms with Gasteiger partial charge in [0.05, 0.1) is 14.2 Å². The number of carbonyl (C=O) groups excluding carboxylic acids is 1. The van der Waals surface area contributed by atoms with Crippen LogP contribution in [-0.4, -0.2) is 36.7 Å². The molecule has 8 heteroatoms. The van der Waals surface area contributed by atoms with Gasteiger partial charge >= 0.3 is 0 Å². The highest BCUT2D eigenvalue weighted by atomic mass is 19.3. The molecule has 0 spiro atoms. The van der Waals surface area contributed by atoms with Gasteiger partial charge in [0.15, 0.2) is 11.5 Å². The number of rotatable bonds is 7. The Bertz CT molecular complexity index is 964. The Morgan fingerprint density at radius 1 is 1.21 bits per heavy atom.